The lowest BCUT2D eigenvalue weighted by Gasteiger charge is -2.31. The largest absolute Gasteiger partial charge is 0.306 e. The molecule has 17 aromatic rings. The molecule has 0 aliphatic heterocycles. The molecular formula is C80H46N12. The number of pyridine rings is 1. The lowest BCUT2D eigenvalue weighted by Crippen LogP contribution is -2.17. The van der Waals surface area contributed by atoms with Crippen molar-refractivity contribution in [2.24, 2.45) is 0 Å². The Hall–Kier alpha value is -13.3. The number of rotatable bonds is 8. The van der Waals surface area contributed by atoms with E-state index in [1.54, 1.807) is 0 Å². The summed E-state index contributed by atoms with van der Waals surface area (Å²) in [6.45, 7) is 4.04. The van der Waals surface area contributed by atoms with E-state index in [-0.39, 0.29) is 0 Å². The second-order valence-corrected chi connectivity index (χ2v) is 23.1. The van der Waals surface area contributed by atoms with Gasteiger partial charge in [0.25, 0.3) is 0 Å². The van der Waals surface area contributed by atoms with Crippen LogP contribution in [-0.2, 0) is 0 Å². The van der Waals surface area contributed by atoms with Crippen LogP contribution in [0.3, 0.4) is 0 Å². The molecule has 17 rings (SSSR count). The summed E-state index contributed by atoms with van der Waals surface area (Å²) in [5.41, 5.74) is 16.7. The molecule has 6 heterocycles. The van der Waals surface area contributed by atoms with E-state index in [0.717, 1.165) is 132 Å². The summed E-state index contributed by atoms with van der Waals surface area (Å²) < 4.78 is 9.40. The SMILES string of the molecule is Cc1cc(-c2c(-c3nc(-c4ccccc4)nc(-c4ccccc4)n3)c(-n3c4ccccc4c4cc(C#N)ccc43)c(-n3c4ccccc4c4cc(C#N)ccc43)c(-n3c4ccccc4c4cc(C#N)ccc43)c2-n2c3ccccc3c3cc(C#N)ccc32)cc(C)n1. The fourth-order valence-electron chi connectivity index (χ4n) is 14.1. The first-order chi connectivity index (χ1) is 45.3. The predicted octanol–water partition coefficient (Wildman–Crippen LogP) is 18.4. The lowest BCUT2D eigenvalue weighted by molar-refractivity contribution is 1.01. The highest BCUT2D eigenvalue weighted by atomic mass is 15.2. The summed E-state index contributed by atoms with van der Waals surface area (Å²) >= 11 is 0. The van der Waals surface area contributed by atoms with Gasteiger partial charge >= 0.3 is 0 Å². The van der Waals surface area contributed by atoms with Crippen molar-refractivity contribution in [1.82, 2.24) is 38.2 Å². The van der Waals surface area contributed by atoms with Crippen LogP contribution in [0, 0.1) is 59.2 Å². The van der Waals surface area contributed by atoms with Gasteiger partial charge in [0.15, 0.2) is 17.5 Å². The highest BCUT2D eigenvalue weighted by Crippen LogP contribution is 2.55. The Morgan fingerprint density at radius 3 is 0.870 bits per heavy atom. The van der Waals surface area contributed by atoms with Gasteiger partial charge in [-0.1, -0.05) is 133 Å². The van der Waals surface area contributed by atoms with E-state index in [1.165, 1.54) is 0 Å². The molecule has 0 saturated heterocycles. The molecule has 0 spiro atoms. The Morgan fingerprint density at radius 1 is 0.250 bits per heavy atom. The highest BCUT2D eigenvalue weighted by Gasteiger charge is 2.37. The molecule has 12 nitrogen and oxygen atoms in total. The van der Waals surface area contributed by atoms with Gasteiger partial charge in [-0.05, 0) is 129 Å². The molecule has 0 fully saturated rings. The molecule has 0 unspecified atom stereocenters. The smallest absolute Gasteiger partial charge is 0.166 e. The Labute approximate surface area is 526 Å². The van der Waals surface area contributed by atoms with Crippen molar-refractivity contribution in [3.63, 3.8) is 0 Å². The van der Waals surface area contributed by atoms with E-state index < -0.39 is 0 Å². The van der Waals surface area contributed by atoms with Crippen LogP contribution >= 0.6 is 0 Å². The van der Waals surface area contributed by atoms with Gasteiger partial charge < -0.3 is 18.3 Å². The zero-order valence-electron chi connectivity index (χ0n) is 49.5. The second-order valence-electron chi connectivity index (χ2n) is 23.1. The third kappa shape index (κ3) is 7.99. The van der Waals surface area contributed by atoms with Gasteiger partial charge in [-0.2, -0.15) is 21.0 Å². The number of hydrogen-bond donors (Lipinski definition) is 0. The maximum Gasteiger partial charge on any atom is 0.166 e. The van der Waals surface area contributed by atoms with E-state index in [9.17, 15) is 21.0 Å². The quantitative estimate of drug-likeness (QED) is 0.145. The number of para-hydroxylation sites is 4. The van der Waals surface area contributed by atoms with Crippen molar-refractivity contribution in [3.05, 3.63) is 276 Å². The molecule has 0 aliphatic rings. The second kappa shape index (κ2) is 20.7. The third-order valence-corrected chi connectivity index (χ3v) is 17.8. The van der Waals surface area contributed by atoms with Crippen LogP contribution in [0.15, 0.2) is 243 Å². The minimum absolute atomic E-state index is 0.351. The minimum atomic E-state index is 0.351. The number of nitrogens with zero attached hydrogens (tertiary/aromatic N) is 12. The van der Waals surface area contributed by atoms with Crippen molar-refractivity contribution >= 4 is 87.2 Å². The zero-order valence-corrected chi connectivity index (χ0v) is 49.5. The Kier molecular flexibility index (Phi) is 11.9. The zero-order chi connectivity index (χ0) is 61.9. The van der Waals surface area contributed by atoms with Crippen molar-refractivity contribution < 1.29 is 0 Å². The van der Waals surface area contributed by atoms with Crippen molar-refractivity contribution in [2.45, 2.75) is 13.8 Å². The predicted molar refractivity (Wildman–Crippen MR) is 365 cm³/mol. The molecule has 0 atom stereocenters. The first kappa shape index (κ1) is 53.0. The Balaban J connectivity index is 1.27. The summed E-state index contributed by atoms with van der Waals surface area (Å²) in [5.74, 6) is 1.24. The third-order valence-electron chi connectivity index (χ3n) is 17.8. The van der Waals surface area contributed by atoms with Gasteiger partial charge in [-0.15, -0.1) is 0 Å². The van der Waals surface area contributed by atoms with E-state index in [1.807, 2.05) is 159 Å². The number of aromatic nitrogens is 8. The summed E-state index contributed by atoms with van der Waals surface area (Å²) in [6, 6.07) is 91.2. The molecule has 11 aromatic carbocycles. The van der Waals surface area contributed by atoms with Crippen LogP contribution < -0.4 is 0 Å². The fourth-order valence-corrected chi connectivity index (χ4v) is 14.1. The Morgan fingerprint density at radius 2 is 0.533 bits per heavy atom. The van der Waals surface area contributed by atoms with Gasteiger partial charge in [0.2, 0.25) is 0 Å². The molecule has 0 N–H and O–H groups in total. The Bertz CT molecular complexity index is 6130. The van der Waals surface area contributed by atoms with Gasteiger partial charge in [-0.25, -0.2) is 15.0 Å². The van der Waals surface area contributed by atoms with Crippen molar-refractivity contribution in [1.29, 1.82) is 21.0 Å². The van der Waals surface area contributed by atoms with Gasteiger partial charge in [0.1, 0.15) is 0 Å². The number of hydrogen-bond acceptors (Lipinski definition) is 8. The summed E-state index contributed by atoms with van der Waals surface area (Å²) in [4.78, 5) is 22.1. The molecule has 12 heteroatoms. The van der Waals surface area contributed by atoms with E-state index >= 15 is 0 Å². The summed E-state index contributed by atoms with van der Waals surface area (Å²) in [7, 11) is 0. The molecule has 426 valence electrons. The number of aryl methyl sites for hydroxylation is 2. The maximum atomic E-state index is 10.8. The average Bonchev–Trinajstić information content (AvgIpc) is 1.41. The van der Waals surface area contributed by atoms with E-state index in [0.29, 0.717) is 56.7 Å². The molecular weight excluding hydrogens is 1130 g/mol. The average molecular weight is 1180 g/mol. The van der Waals surface area contributed by atoms with Gasteiger partial charge in [0.05, 0.1) is 119 Å². The number of nitriles is 4. The first-order valence-corrected chi connectivity index (χ1v) is 30.1. The maximum absolute atomic E-state index is 10.8. The van der Waals surface area contributed by atoms with Crippen LogP contribution in [0.25, 0.3) is 155 Å². The number of benzene rings is 11. The highest BCUT2D eigenvalue weighted by molar-refractivity contribution is 6.19. The lowest BCUT2D eigenvalue weighted by atomic mass is 9.91. The monoisotopic (exact) mass is 1170 g/mol. The molecule has 6 aromatic heterocycles. The summed E-state index contributed by atoms with van der Waals surface area (Å²) in [6.07, 6.45) is 0. The number of fused-ring (bicyclic) bond motifs is 12. The van der Waals surface area contributed by atoms with E-state index in [4.69, 9.17) is 19.9 Å². The van der Waals surface area contributed by atoms with Crippen LogP contribution in [0.5, 0.6) is 0 Å². The fraction of sp³-hybridized carbons (Fsp3) is 0.0250. The van der Waals surface area contributed by atoms with Crippen LogP contribution in [0.1, 0.15) is 33.6 Å². The molecule has 0 aliphatic carbocycles. The van der Waals surface area contributed by atoms with Crippen LogP contribution in [0.2, 0.25) is 0 Å². The molecule has 0 bridgehead atoms. The van der Waals surface area contributed by atoms with E-state index in [2.05, 4.69) is 140 Å². The van der Waals surface area contributed by atoms with Crippen molar-refractivity contribution in [2.75, 3.05) is 0 Å². The molecule has 92 heavy (non-hydrogen) atoms. The van der Waals surface area contributed by atoms with Gasteiger partial charge in [-0.3, -0.25) is 4.98 Å². The minimum Gasteiger partial charge on any atom is -0.306 e. The van der Waals surface area contributed by atoms with Crippen LogP contribution in [-0.4, -0.2) is 38.2 Å². The standard InChI is InChI=1S/C80H46N12/c1-47-37-55(38-48(2)85-47)72-73(80-87-78(53-17-5-3-6-18-53)86-79(88-80)54-19-7-4-8-20-54)75(90-65-26-14-10-22-57(65)61-40-50(44-82)30-34-69(61)90)77(92-67-28-16-12-24-59(67)63-42-52(46-84)32-36-71(63)92)76(91-66-27-15-11-23-58(66)62-41-51(45-83)31-35-70(62)91)74(72)89-64-25-13-9-21-56(64)60-39-49(43-81)29-33-68(60)89/h3-42H,1-2H3. The van der Waals surface area contributed by atoms with Crippen LogP contribution in [0.4, 0.5) is 0 Å². The summed E-state index contributed by atoms with van der Waals surface area (Å²) in [5, 5.41) is 50.0. The normalized spacial score (nSPS) is 11.5. The molecule has 0 radical (unpaired) electrons. The topological polar surface area (TPSA) is 166 Å². The molecule has 0 amide bonds. The van der Waals surface area contributed by atoms with Gasteiger partial charge in [0, 0.05) is 71.2 Å². The molecule has 0 saturated carbocycles. The first-order valence-electron chi connectivity index (χ1n) is 30.1. The van der Waals surface area contributed by atoms with Crippen molar-refractivity contribution in [3.8, 4) is 92.3 Å².